The minimum absolute atomic E-state index is 0.0460. The third-order valence-electron chi connectivity index (χ3n) is 4.03. The molecule has 0 spiro atoms. The maximum absolute atomic E-state index is 12.2. The molecule has 0 N–H and O–H groups in total. The van der Waals surface area contributed by atoms with Gasteiger partial charge in [-0.25, -0.2) is 9.59 Å². The summed E-state index contributed by atoms with van der Waals surface area (Å²) in [5, 5.41) is 0. The minimum atomic E-state index is -0.674. The number of esters is 1. The van der Waals surface area contributed by atoms with E-state index in [1.807, 2.05) is 44.2 Å². The Hall–Kier alpha value is -2.61. The van der Waals surface area contributed by atoms with Crippen LogP contribution in [-0.2, 0) is 19.0 Å². The highest BCUT2D eigenvalue weighted by molar-refractivity contribution is 5.77. The number of hydrogen-bond donors (Lipinski definition) is 0. The average Bonchev–Trinajstić information content (AvgIpc) is 2.67. The molecule has 1 saturated heterocycles. The number of carbonyl (C=O) groups excluding carboxylic acids is 2. The molecule has 0 bridgehead atoms. The molecule has 2 rings (SSSR count). The van der Waals surface area contributed by atoms with Crippen molar-refractivity contribution < 1.29 is 28.5 Å². The van der Waals surface area contributed by atoms with E-state index in [2.05, 4.69) is 11.7 Å². The van der Waals surface area contributed by atoms with Crippen LogP contribution in [-0.4, -0.2) is 68.9 Å². The molecule has 1 aliphatic heterocycles. The summed E-state index contributed by atoms with van der Waals surface area (Å²) in [4.78, 5) is 29.2. The molecule has 2 atom stereocenters. The second kappa shape index (κ2) is 10.5. The van der Waals surface area contributed by atoms with Crippen LogP contribution in [0.1, 0.15) is 13.8 Å². The van der Waals surface area contributed by atoms with Crippen molar-refractivity contribution in [2.24, 2.45) is 10.9 Å². The van der Waals surface area contributed by atoms with Gasteiger partial charge in [0.25, 0.3) is 0 Å². The molecule has 1 amide bonds. The summed E-state index contributed by atoms with van der Waals surface area (Å²) in [5.41, 5.74) is 0. The lowest BCUT2D eigenvalue weighted by Crippen LogP contribution is -2.48. The second-order valence-electron chi connectivity index (χ2n) is 6.43. The SMILES string of the molecule is C=NC(C(=O)OCOC(=O)N1CCOC(COc2ccccc2)C1)C(C)C. The van der Waals surface area contributed by atoms with Gasteiger partial charge in [0.2, 0.25) is 6.79 Å². The number of carbonyl (C=O) groups is 2. The molecule has 1 aromatic carbocycles. The quantitative estimate of drug-likeness (QED) is 0.391. The molecule has 0 aromatic heterocycles. The Morgan fingerprint density at radius 1 is 1.30 bits per heavy atom. The number of aliphatic imine (C=N–C) groups is 1. The van der Waals surface area contributed by atoms with Gasteiger partial charge in [-0.05, 0) is 24.8 Å². The average molecular weight is 378 g/mol. The zero-order valence-electron chi connectivity index (χ0n) is 15.7. The topological polar surface area (TPSA) is 86.7 Å². The molecule has 0 radical (unpaired) electrons. The molecule has 1 fully saturated rings. The van der Waals surface area contributed by atoms with Gasteiger partial charge >= 0.3 is 12.1 Å². The van der Waals surface area contributed by atoms with Crippen molar-refractivity contribution in [3.05, 3.63) is 30.3 Å². The fourth-order valence-corrected chi connectivity index (χ4v) is 2.56. The predicted octanol–water partition coefficient (Wildman–Crippen LogP) is 2.13. The van der Waals surface area contributed by atoms with E-state index < -0.39 is 24.9 Å². The molecular weight excluding hydrogens is 352 g/mol. The fraction of sp³-hybridized carbons (Fsp3) is 0.526. The van der Waals surface area contributed by atoms with Crippen molar-refractivity contribution in [3.8, 4) is 5.75 Å². The lowest BCUT2D eigenvalue weighted by Gasteiger charge is -2.32. The molecule has 8 nitrogen and oxygen atoms in total. The van der Waals surface area contributed by atoms with Crippen LogP contribution >= 0.6 is 0 Å². The molecule has 0 aliphatic carbocycles. The number of ether oxygens (including phenoxy) is 4. The molecule has 27 heavy (non-hydrogen) atoms. The monoisotopic (exact) mass is 378 g/mol. The molecule has 8 heteroatoms. The van der Waals surface area contributed by atoms with Crippen LogP contribution in [0, 0.1) is 5.92 Å². The first-order valence-electron chi connectivity index (χ1n) is 8.85. The van der Waals surface area contributed by atoms with E-state index in [0.717, 1.165) is 5.75 Å². The third kappa shape index (κ3) is 6.56. The zero-order chi connectivity index (χ0) is 19.6. The number of morpholine rings is 1. The van der Waals surface area contributed by atoms with Crippen LogP contribution in [0.25, 0.3) is 0 Å². The van der Waals surface area contributed by atoms with Crippen LogP contribution in [0.2, 0.25) is 0 Å². The summed E-state index contributed by atoms with van der Waals surface area (Å²) >= 11 is 0. The molecule has 0 saturated carbocycles. The van der Waals surface area contributed by atoms with E-state index in [1.165, 1.54) is 4.90 Å². The van der Waals surface area contributed by atoms with E-state index in [1.54, 1.807) is 0 Å². The largest absolute Gasteiger partial charge is 0.491 e. The first kappa shape index (κ1) is 20.7. The summed E-state index contributed by atoms with van der Waals surface area (Å²) in [6.45, 7) is 8.02. The first-order valence-corrected chi connectivity index (χ1v) is 8.85. The molecule has 1 aliphatic rings. The summed E-state index contributed by atoms with van der Waals surface area (Å²) in [7, 11) is 0. The smallest absolute Gasteiger partial charge is 0.412 e. The van der Waals surface area contributed by atoms with E-state index in [4.69, 9.17) is 18.9 Å². The van der Waals surface area contributed by atoms with Gasteiger partial charge in [-0.1, -0.05) is 32.0 Å². The van der Waals surface area contributed by atoms with Gasteiger partial charge in [0.1, 0.15) is 24.5 Å². The van der Waals surface area contributed by atoms with Gasteiger partial charge in [0, 0.05) is 6.54 Å². The summed E-state index contributed by atoms with van der Waals surface area (Å²) in [6.07, 6.45) is -0.826. The van der Waals surface area contributed by atoms with Crippen molar-refractivity contribution in [1.82, 2.24) is 4.90 Å². The number of hydrogen-bond acceptors (Lipinski definition) is 7. The van der Waals surface area contributed by atoms with Crippen LogP contribution in [0.5, 0.6) is 5.75 Å². The maximum Gasteiger partial charge on any atom is 0.412 e. The van der Waals surface area contributed by atoms with Crippen molar-refractivity contribution in [3.63, 3.8) is 0 Å². The van der Waals surface area contributed by atoms with Gasteiger partial charge in [0.05, 0.1) is 13.2 Å². The van der Waals surface area contributed by atoms with Crippen molar-refractivity contribution in [2.75, 3.05) is 33.1 Å². The highest BCUT2D eigenvalue weighted by Gasteiger charge is 2.27. The van der Waals surface area contributed by atoms with Gasteiger partial charge in [0.15, 0.2) is 0 Å². The Bertz CT molecular complexity index is 622. The van der Waals surface area contributed by atoms with E-state index in [-0.39, 0.29) is 12.0 Å². The number of amides is 1. The molecule has 148 valence electrons. The number of benzene rings is 1. The van der Waals surface area contributed by atoms with Crippen LogP contribution < -0.4 is 4.74 Å². The highest BCUT2D eigenvalue weighted by Crippen LogP contribution is 2.13. The number of nitrogens with zero attached hydrogens (tertiary/aromatic N) is 2. The number of para-hydroxylation sites is 1. The van der Waals surface area contributed by atoms with Gasteiger partial charge in [-0.2, -0.15) is 0 Å². The maximum atomic E-state index is 12.2. The zero-order valence-corrected chi connectivity index (χ0v) is 15.7. The predicted molar refractivity (Wildman–Crippen MR) is 98.9 cm³/mol. The molecular formula is C19H26N2O6. The van der Waals surface area contributed by atoms with Gasteiger partial charge in [-0.3, -0.25) is 4.99 Å². The lowest BCUT2D eigenvalue weighted by atomic mass is 10.1. The van der Waals surface area contributed by atoms with Crippen LogP contribution in [0.3, 0.4) is 0 Å². The Labute approximate surface area is 159 Å². The standard InChI is InChI=1S/C19H26N2O6/c1-14(2)17(20-3)18(22)26-13-27-19(23)21-9-10-24-16(11-21)12-25-15-7-5-4-6-8-15/h4-8,14,16-17H,3,9-13H2,1-2H3. The Balaban J connectivity index is 1.72. The normalized spacial score (nSPS) is 17.9. The molecule has 1 heterocycles. The van der Waals surface area contributed by atoms with Crippen molar-refractivity contribution >= 4 is 18.8 Å². The minimum Gasteiger partial charge on any atom is -0.491 e. The Morgan fingerprint density at radius 3 is 2.70 bits per heavy atom. The lowest BCUT2D eigenvalue weighted by molar-refractivity contribution is -0.155. The summed E-state index contributed by atoms with van der Waals surface area (Å²) in [5.74, 6) is 0.127. The first-order chi connectivity index (χ1) is 13.0. The summed E-state index contributed by atoms with van der Waals surface area (Å²) < 4.78 is 21.2. The summed E-state index contributed by atoms with van der Waals surface area (Å²) in [6, 6.07) is 8.70. The number of rotatable bonds is 8. The van der Waals surface area contributed by atoms with Crippen LogP contribution in [0.15, 0.2) is 35.3 Å². The van der Waals surface area contributed by atoms with E-state index in [0.29, 0.717) is 26.3 Å². The molecule has 1 aromatic rings. The fourth-order valence-electron chi connectivity index (χ4n) is 2.56. The van der Waals surface area contributed by atoms with Crippen LogP contribution in [0.4, 0.5) is 4.79 Å². The Morgan fingerprint density at radius 2 is 2.04 bits per heavy atom. The molecule has 2 unspecified atom stereocenters. The van der Waals surface area contributed by atoms with Crippen molar-refractivity contribution in [2.45, 2.75) is 26.0 Å². The van der Waals surface area contributed by atoms with Crippen molar-refractivity contribution in [1.29, 1.82) is 0 Å². The second-order valence-corrected chi connectivity index (χ2v) is 6.43. The Kier molecular flexibility index (Phi) is 8.06. The van der Waals surface area contributed by atoms with E-state index in [9.17, 15) is 9.59 Å². The highest BCUT2D eigenvalue weighted by atomic mass is 16.7. The van der Waals surface area contributed by atoms with E-state index >= 15 is 0 Å². The van der Waals surface area contributed by atoms with Gasteiger partial charge < -0.3 is 23.8 Å². The van der Waals surface area contributed by atoms with Gasteiger partial charge in [-0.15, -0.1) is 0 Å². The third-order valence-corrected chi connectivity index (χ3v) is 4.03.